The minimum absolute atomic E-state index is 0.290. The molecule has 1 aliphatic heterocycles. The van der Waals surface area contributed by atoms with Crippen LogP contribution in [0.4, 0.5) is 0 Å². The van der Waals surface area contributed by atoms with Gasteiger partial charge in [0.05, 0.1) is 16.6 Å². The molecule has 0 saturated carbocycles. The Bertz CT molecular complexity index is 2570. The van der Waals surface area contributed by atoms with Crippen molar-refractivity contribution in [3.63, 3.8) is 0 Å². The van der Waals surface area contributed by atoms with Gasteiger partial charge >= 0.3 is 0 Å². The summed E-state index contributed by atoms with van der Waals surface area (Å²) in [5, 5.41) is 7.51. The van der Waals surface area contributed by atoms with Gasteiger partial charge in [0.2, 0.25) is 5.90 Å². The minimum atomic E-state index is -0.360. The lowest BCUT2D eigenvalue weighted by Gasteiger charge is -2.30. The van der Waals surface area contributed by atoms with Crippen LogP contribution in [0, 0.1) is 0 Å². The third-order valence-electron chi connectivity index (χ3n) is 10.5. The summed E-state index contributed by atoms with van der Waals surface area (Å²) < 4.78 is 8.77. The van der Waals surface area contributed by atoms with E-state index in [0.717, 1.165) is 16.8 Å². The van der Waals surface area contributed by atoms with E-state index >= 15 is 0 Å². The van der Waals surface area contributed by atoms with Crippen molar-refractivity contribution in [2.75, 3.05) is 0 Å². The van der Waals surface area contributed by atoms with Crippen LogP contribution in [-0.2, 0) is 4.74 Å². The zero-order valence-corrected chi connectivity index (χ0v) is 27.7. The van der Waals surface area contributed by atoms with Gasteiger partial charge in [0.1, 0.15) is 5.60 Å². The molecule has 0 unspecified atom stereocenters. The highest BCUT2D eigenvalue weighted by Crippen LogP contribution is 2.43. The van der Waals surface area contributed by atoms with Gasteiger partial charge in [0.15, 0.2) is 0 Å². The summed E-state index contributed by atoms with van der Waals surface area (Å²) in [6.45, 7) is 8.48. The predicted octanol–water partition coefficient (Wildman–Crippen LogP) is 11.8. The fraction of sp³-hybridized carbons (Fsp3) is 0.133. The maximum absolute atomic E-state index is 6.33. The molecule has 0 radical (unpaired) electrons. The van der Waals surface area contributed by atoms with Gasteiger partial charge < -0.3 is 9.30 Å². The van der Waals surface area contributed by atoms with Crippen LogP contribution in [0.3, 0.4) is 0 Å². The van der Waals surface area contributed by atoms with Crippen LogP contribution >= 0.6 is 0 Å². The number of para-hydroxylation sites is 1. The molecule has 0 amide bonds. The molecule has 0 spiro atoms. The maximum atomic E-state index is 6.33. The van der Waals surface area contributed by atoms with Gasteiger partial charge in [-0.25, -0.2) is 4.99 Å². The Morgan fingerprint density at radius 3 is 1.88 bits per heavy atom. The highest BCUT2D eigenvalue weighted by molar-refractivity contribution is 6.24. The van der Waals surface area contributed by atoms with Gasteiger partial charge in [0, 0.05) is 22.0 Å². The van der Waals surface area contributed by atoms with Crippen molar-refractivity contribution < 1.29 is 4.74 Å². The highest BCUT2D eigenvalue weighted by Gasteiger charge is 2.45. The number of aliphatic imine (C=N–C) groups is 1. The van der Waals surface area contributed by atoms with E-state index < -0.39 is 0 Å². The first-order valence-corrected chi connectivity index (χ1v) is 16.7. The monoisotopic (exact) mass is 620 g/mol. The van der Waals surface area contributed by atoms with E-state index in [0.29, 0.717) is 5.90 Å². The van der Waals surface area contributed by atoms with Crippen molar-refractivity contribution in [3.8, 4) is 27.9 Å². The van der Waals surface area contributed by atoms with Crippen LogP contribution < -0.4 is 0 Å². The molecule has 0 fully saturated rings. The number of benzene rings is 7. The zero-order valence-electron chi connectivity index (χ0n) is 27.7. The second-order valence-electron chi connectivity index (χ2n) is 14.0. The standard InChI is InChI=1S/C45H36N2O/c1-44(2)45(3,4)48-43(46-44)31-21-19-30(20-22-31)39-28-41-42(37-17-11-10-16-36(37)39)38-25-24-34(27-40(38)47(41)35-14-6-5-7-15-35)33-23-18-29-12-8-9-13-32(29)26-33/h5-28H,1-4H3. The summed E-state index contributed by atoms with van der Waals surface area (Å²) in [4.78, 5) is 4.94. The Hall–Kier alpha value is -5.67. The molecule has 3 heteroatoms. The second-order valence-corrected chi connectivity index (χ2v) is 14.0. The number of hydrogen-bond donors (Lipinski definition) is 0. The Labute approximate surface area is 280 Å². The van der Waals surface area contributed by atoms with Gasteiger partial charge in [-0.15, -0.1) is 0 Å². The third-order valence-corrected chi connectivity index (χ3v) is 10.5. The summed E-state index contributed by atoms with van der Waals surface area (Å²) in [6, 6.07) is 52.9. The zero-order chi connectivity index (χ0) is 32.6. The summed E-state index contributed by atoms with van der Waals surface area (Å²) in [6.07, 6.45) is 0. The topological polar surface area (TPSA) is 26.5 Å². The molecule has 8 aromatic rings. The Balaban J connectivity index is 1.27. The molecule has 2 heterocycles. The number of ether oxygens (including phenoxy) is 1. The lowest BCUT2D eigenvalue weighted by atomic mass is 9.87. The van der Waals surface area contributed by atoms with E-state index in [1.807, 2.05) is 0 Å². The van der Waals surface area contributed by atoms with Crippen LogP contribution in [0.1, 0.15) is 33.3 Å². The average molecular weight is 621 g/mol. The number of fused-ring (bicyclic) bond motifs is 6. The SMILES string of the molecule is CC1(C)N=C(c2ccc(-c3cc4c(c5ccccc35)c3ccc(-c5ccc6ccccc6c5)cc3n4-c3ccccc3)cc2)OC1(C)C. The average Bonchev–Trinajstić information content (AvgIpc) is 3.56. The van der Waals surface area contributed by atoms with E-state index in [4.69, 9.17) is 9.73 Å². The Morgan fingerprint density at radius 2 is 1.12 bits per heavy atom. The largest absolute Gasteiger partial charge is 0.469 e. The molecular weight excluding hydrogens is 585 g/mol. The van der Waals surface area contributed by atoms with Crippen molar-refractivity contribution in [2.45, 2.75) is 38.8 Å². The van der Waals surface area contributed by atoms with Gasteiger partial charge in [-0.05, 0) is 114 Å². The second kappa shape index (κ2) is 10.4. The normalized spacial score (nSPS) is 15.3. The number of rotatable bonds is 4. The number of hydrogen-bond acceptors (Lipinski definition) is 2. The molecular formula is C45H36N2O. The van der Waals surface area contributed by atoms with Crippen molar-refractivity contribution >= 4 is 49.2 Å². The minimum Gasteiger partial charge on any atom is -0.469 e. The molecule has 0 N–H and O–H groups in total. The predicted molar refractivity (Wildman–Crippen MR) is 202 cm³/mol. The molecule has 1 aromatic heterocycles. The van der Waals surface area contributed by atoms with Gasteiger partial charge in [-0.1, -0.05) is 103 Å². The summed E-state index contributed by atoms with van der Waals surface area (Å²) >= 11 is 0. The van der Waals surface area contributed by atoms with E-state index in [9.17, 15) is 0 Å². The van der Waals surface area contributed by atoms with Crippen molar-refractivity contribution in [2.24, 2.45) is 4.99 Å². The molecule has 232 valence electrons. The smallest absolute Gasteiger partial charge is 0.217 e. The number of nitrogens with zero attached hydrogens (tertiary/aromatic N) is 2. The van der Waals surface area contributed by atoms with Gasteiger partial charge in [-0.2, -0.15) is 0 Å². The first-order chi connectivity index (χ1) is 23.3. The molecule has 9 rings (SSSR count). The summed E-state index contributed by atoms with van der Waals surface area (Å²) in [7, 11) is 0. The first kappa shape index (κ1) is 28.5. The lowest BCUT2D eigenvalue weighted by molar-refractivity contribution is 0.0619. The molecule has 48 heavy (non-hydrogen) atoms. The van der Waals surface area contributed by atoms with E-state index in [-0.39, 0.29) is 11.1 Å². The van der Waals surface area contributed by atoms with E-state index in [1.54, 1.807) is 0 Å². The Morgan fingerprint density at radius 1 is 0.500 bits per heavy atom. The van der Waals surface area contributed by atoms with Crippen LogP contribution in [0.5, 0.6) is 0 Å². The molecule has 7 aromatic carbocycles. The third kappa shape index (κ3) is 4.38. The molecule has 3 nitrogen and oxygen atoms in total. The molecule has 0 aliphatic carbocycles. The lowest BCUT2D eigenvalue weighted by Crippen LogP contribution is -2.41. The highest BCUT2D eigenvalue weighted by atomic mass is 16.5. The Kier molecular flexibility index (Phi) is 6.20. The summed E-state index contributed by atoms with van der Waals surface area (Å²) in [5.41, 5.74) is 8.67. The fourth-order valence-corrected chi connectivity index (χ4v) is 7.21. The quantitative estimate of drug-likeness (QED) is 0.192. The first-order valence-electron chi connectivity index (χ1n) is 16.7. The van der Waals surface area contributed by atoms with Crippen molar-refractivity contribution in [1.82, 2.24) is 4.57 Å². The fourth-order valence-electron chi connectivity index (χ4n) is 7.21. The van der Waals surface area contributed by atoms with Crippen LogP contribution in [0.25, 0.3) is 71.3 Å². The number of aromatic nitrogens is 1. The van der Waals surface area contributed by atoms with Crippen molar-refractivity contribution in [3.05, 3.63) is 151 Å². The van der Waals surface area contributed by atoms with Gasteiger partial charge in [0.25, 0.3) is 0 Å². The molecule has 0 atom stereocenters. The summed E-state index contributed by atoms with van der Waals surface area (Å²) in [5.74, 6) is 0.711. The molecule has 1 aliphatic rings. The molecule has 0 saturated heterocycles. The maximum Gasteiger partial charge on any atom is 0.217 e. The van der Waals surface area contributed by atoms with Gasteiger partial charge in [-0.3, -0.25) is 0 Å². The van der Waals surface area contributed by atoms with Crippen LogP contribution in [0.15, 0.2) is 151 Å². The molecule has 0 bridgehead atoms. The van der Waals surface area contributed by atoms with E-state index in [2.05, 4.69) is 178 Å². The van der Waals surface area contributed by atoms with Crippen LogP contribution in [0.2, 0.25) is 0 Å². The van der Waals surface area contributed by atoms with E-state index in [1.165, 1.54) is 60.0 Å². The van der Waals surface area contributed by atoms with Crippen molar-refractivity contribution in [1.29, 1.82) is 0 Å². The van der Waals surface area contributed by atoms with Crippen LogP contribution in [-0.4, -0.2) is 21.6 Å².